The van der Waals surface area contributed by atoms with E-state index in [0.29, 0.717) is 18.2 Å². The van der Waals surface area contributed by atoms with Crippen LogP contribution in [0.4, 0.5) is 4.79 Å². The van der Waals surface area contributed by atoms with Gasteiger partial charge in [0.05, 0.1) is 12.7 Å². The number of aryl methyl sites for hydroxylation is 1. The molecule has 0 aliphatic rings. The maximum absolute atomic E-state index is 11.4. The molecule has 18 heavy (non-hydrogen) atoms. The monoisotopic (exact) mass is 255 g/mol. The van der Waals surface area contributed by atoms with Gasteiger partial charge in [-0.25, -0.2) is 9.78 Å². The molecule has 1 heterocycles. The fraction of sp³-hybridized carbons (Fsp3) is 0.545. The first-order valence-corrected chi connectivity index (χ1v) is 5.62. The SMILES string of the molecule is Cc1cnc(CNC(=O)NCC(C)CC(=O)O)o1. The molecule has 7 nitrogen and oxygen atoms in total. The molecule has 3 N–H and O–H groups in total. The molecule has 1 unspecified atom stereocenters. The third-order valence-corrected chi connectivity index (χ3v) is 2.20. The van der Waals surface area contributed by atoms with Crippen molar-refractivity contribution in [3.8, 4) is 0 Å². The fourth-order valence-electron chi connectivity index (χ4n) is 1.34. The molecule has 1 rings (SSSR count). The second-order valence-electron chi connectivity index (χ2n) is 4.13. The Bertz CT molecular complexity index is 416. The Kier molecular flexibility index (Phi) is 5.16. The number of oxazole rings is 1. The summed E-state index contributed by atoms with van der Waals surface area (Å²) in [5.41, 5.74) is 0. The zero-order chi connectivity index (χ0) is 13.5. The minimum Gasteiger partial charge on any atom is -0.481 e. The molecule has 0 spiro atoms. The van der Waals surface area contributed by atoms with Crippen molar-refractivity contribution in [3.05, 3.63) is 17.8 Å². The Morgan fingerprint density at radius 1 is 1.50 bits per heavy atom. The van der Waals surface area contributed by atoms with E-state index in [1.165, 1.54) is 0 Å². The Balaban J connectivity index is 2.19. The van der Waals surface area contributed by atoms with Crippen LogP contribution in [0.3, 0.4) is 0 Å². The van der Waals surface area contributed by atoms with Crippen molar-refractivity contribution in [3.63, 3.8) is 0 Å². The van der Waals surface area contributed by atoms with Crippen LogP contribution in [0.15, 0.2) is 10.6 Å². The Morgan fingerprint density at radius 3 is 2.78 bits per heavy atom. The second kappa shape index (κ2) is 6.63. The third-order valence-electron chi connectivity index (χ3n) is 2.20. The van der Waals surface area contributed by atoms with Gasteiger partial charge in [-0.15, -0.1) is 0 Å². The van der Waals surface area contributed by atoms with Crippen LogP contribution in [0.25, 0.3) is 0 Å². The highest BCUT2D eigenvalue weighted by molar-refractivity contribution is 5.73. The van der Waals surface area contributed by atoms with Crippen LogP contribution < -0.4 is 10.6 Å². The number of carboxylic acid groups (broad SMARTS) is 1. The molecule has 100 valence electrons. The number of amides is 2. The van der Waals surface area contributed by atoms with Gasteiger partial charge in [-0.1, -0.05) is 6.92 Å². The van der Waals surface area contributed by atoms with Crippen molar-refractivity contribution in [1.82, 2.24) is 15.6 Å². The van der Waals surface area contributed by atoms with Gasteiger partial charge in [0, 0.05) is 13.0 Å². The second-order valence-corrected chi connectivity index (χ2v) is 4.13. The summed E-state index contributed by atoms with van der Waals surface area (Å²) < 4.78 is 5.18. The summed E-state index contributed by atoms with van der Waals surface area (Å²) in [5, 5.41) is 13.7. The van der Waals surface area contributed by atoms with Crippen LogP contribution in [-0.4, -0.2) is 28.6 Å². The van der Waals surface area contributed by atoms with Crippen LogP contribution >= 0.6 is 0 Å². The van der Waals surface area contributed by atoms with Gasteiger partial charge in [0.25, 0.3) is 0 Å². The highest BCUT2D eigenvalue weighted by Gasteiger charge is 2.09. The van der Waals surface area contributed by atoms with Gasteiger partial charge in [0.1, 0.15) is 5.76 Å². The zero-order valence-electron chi connectivity index (χ0n) is 10.4. The van der Waals surface area contributed by atoms with Crippen molar-refractivity contribution < 1.29 is 19.1 Å². The summed E-state index contributed by atoms with van der Waals surface area (Å²) in [6.07, 6.45) is 1.60. The number of nitrogens with zero attached hydrogens (tertiary/aromatic N) is 1. The number of hydrogen-bond donors (Lipinski definition) is 3. The van der Waals surface area contributed by atoms with Crippen molar-refractivity contribution in [2.45, 2.75) is 26.8 Å². The molecular weight excluding hydrogens is 238 g/mol. The lowest BCUT2D eigenvalue weighted by molar-refractivity contribution is -0.137. The van der Waals surface area contributed by atoms with E-state index in [4.69, 9.17) is 9.52 Å². The Hall–Kier alpha value is -2.05. The van der Waals surface area contributed by atoms with Gasteiger partial charge < -0.3 is 20.2 Å². The summed E-state index contributed by atoms with van der Waals surface area (Å²) in [7, 11) is 0. The average molecular weight is 255 g/mol. The topological polar surface area (TPSA) is 104 Å². The van der Waals surface area contributed by atoms with Crippen molar-refractivity contribution in [1.29, 1.82) is 0 Å². The molecule has 1 aromatic heterocycles. The van der Waals surface area contributed by atoms with Crippen molar-refractivity contribution in [2.24, 2.45) is 5.92 Å². The lowest BCUT2D eigenvalue weighted by atomic mass is 10.1. The summed E-state index contributed by atoms with van der Waals surface area (Å²) in [4.78, 5) is 25.7. The number of aliphatic carboxylic acids is 1. The number of urea groups is 1. The molecule has 0 aliphatic heterocycles. The molecule has 1 atom stereocenters. The summed E-state index contributed by atoms with van der Waals surface area (Å²) in [5.74, 6) is 0.126. The minimum atomic E-state index is -0.875. The van der Waals surface area contributed by atoms with Crippen molar-refractivity contribution >= 4 is 12.0 Å². The smallest absolute Gasteiger partial charge is 0.315 e. The zero-order valence-corrected chi connectivity index (χ0v) is 10.4. The van der Waals surface area contributed by atoms with Gasteiger partial charge in [0.15, 0.2) is 0 Å². The molecule has 0 radical (unpaired) electrons. The quantitative estimate of drug-likeness (QED) is 0.700. The third kappa shape index (κ3) is 5.33. The highest BCUT2D eigenvalue weighted by Crippen LogP contribution is 2.01. The van der Waals surface area contributed by atoms with Crippen LogP contribution in [0.1, 0.15) is 25.0 Å². The average Bonchev–Trinajstić information content (AvgIpc) is 2.69. The molecule has 0 fully saturated rings. The van der Waals surface area contributed by atoms with E-state index in [0.717, 1.165) is 0 Å². The van der Waals surface area contributed by atoms with E-state index in [1.807, 2.05) is 0 Å². The largest absolute Gasteiger partial charge is 0.481 e. The molecule has 0 aromatic carbocycles. The number of carbonyl (C=O) groups is 2. The lowest BCUT2D eigenvalue weighted by Gasteiger charge is -2.10. The fourth-order valence-corrected chi connectivity index (χ4v) is 1.34. The predicted octanol–water partition coefficient (Wildman–Crippen LogP) is 0.893. The number of carboxylic acids is 1. The minimum absolute atomic E-state index is 0.0270. The van der Waals surface area contributed by atoms with Crippen LogP contribution in [-0.2, 0) is 11.3 Å². The first kappa shape index (κ1) is 14.0. The van der Waals surface area contributed by atoms with E-state index in [1.54, 1.807) is 20.0 Å². The van der Waals surface area contributed by atoms with E-state index in [2.05, 4.69) is 15.6 Å². The molecular formula is C11H17N3O4. The van der Waals surface area contributed by atoms with Gasteiger partial charge in [-0.2, -0.15) is 0 Å². The number of carbonyl (C=O) groups excluding carboxylic acids is 1. The van der Waals surface area contributed by atoms with Crippen LogP contribution in [0.5, 0.6) is 0 Å². The van der Waals surface area contributed by atoms with Crippen molar-refractivity contribution in [2.75, 3.05) is 6.54 Å². The van der Waals surface area contributed by atoms with Gasteiger partial charge in [0.2, 0.25) is 5.89 Å². The predicted molar refractivity (Wildman–Crippen MR) is 62.9 cm³/mol. The normalized spacial score (nSPS) is 11.9. The van der Waals surface area contributed by atoms with Gasteiger partial charge >= 0.3 is 12.0 Å². The summed E-state index contributed by atoms with van der Waals surface area (Å²) in [6.45, 7) is 4.03. The van der Waals surface area contributed by atoms with E-state index < -0.39 is 5.97 Å². The Labute approximate surface area is 105 Å². The standard InChI is InChI=1S/C11H17N3O4/c1-7(3-10(15)16)4-13-11(17)14-6-9-12-5-8(2)18-9/h5,7H,3-4,6H2,1-2H3,(H,15,16)(H2,13,14,17). The molecule has 0 bridgehead atoms. The number of nitrogens with one attached hydrogen (secondary N) is 2. The number of rotatable bonds is 6. The maximum atomic E-state index is 11.4. The number of aromatic nitrogens is 1. The van der Waals surface area contributed by atoms with Crippen LogP contribution in [0.2, 0.25) is 0 Å². The highest BCUT2D eigenvalue weighted by atomic mass is 16.4. The number of hydrogen-bond acceptors (Lipinski definition) is 4. The lowest BCUT2D eigenvalue weighted by Crippen LogP contribution is -2.37. The molecule has 0 saturated heterocycles. The molecule has 1 aromatic rings. The maximum Gasteiger partial charge on any atom is 0.315 e. The first-order valence-electron chi connectivity index (χ1n) is 5.62. The molecule has 7 heteroatoms. The van der Waals surface area contributed by atoms with E-state index in [-0.39, 0.29) is 24.9 Å². The van der Waals surface area contributed by atoms with Crippen LogP contribution in [0, 0.1) is 12.8 Å². The first-order chi connectivity index (χ1) is 8.47. The van der Waals surface area contributed by atoms with Gasteiger partial charge in [-0.3, -0.25) is 4.79 Å². The van der Waals surface area contributed by atoms with E-state index in [9.17, 15) is 9.59 Å². The summed E-state index contributed by atoms with van der Waals surface area (Å²) in [6, 6.07) is -0.372. The molecule has 0 aliphatic carbocycles. The molecule has 2 amide bonds. The summed E-state index contributed by atoms with van der Waals surface area (Å²) >= 11 is 0. The van der Waals surface area contributed by atoms with E-state index >= 15 is 0 Å². The Morgan fingerprint density at radius 2 is 2.22 bits per heavy atom. The van der Waals surface area contributed by atoms with Gasteiger partial charge in [-0.05, 0) is 12.8 Å². The molecule has 0 saturated carbocycles.